The van der Waals surface area contributed by atoms with Crippen LogP contribution in [0.4, 0.5) is 4.79 Å². The van der Waals surface area contributed by atoms with E-state index in [1.807, 2.05) is 0 Å². The minimum absolute atomic E-state index is 0.0515. The van der Waals surface area contributed by atoms with Gasteiger partial charge in [0.15, 0.2) is 0 Å². The van der Waals surface area contributed by atoms with Crippen LogP contribution in [-0.2, 0) is 4.79 Å². The molecule has 5 nitrogen and oxygen atoms in total. The summed E-state index contributed by atoms with van der Waals surface area (Å²) in [4.78, 5) is 23.9. The van der Waals surface area contributed by atoms with Gasteiger partial charge < -0.3 is 15.3 Å². The lowest BCUT2D eigenvalue weighted by atomic mass is 10.0. The van der Waals surface area contributed by atoms with Crippen molar-refractivity contribution in [1.82, 2.24) is 10.2 Å². The van der Waals surface area contributed by atoms with E-state index in [0.717, 1.165) is 0 Å². The molecule has 2 N–H and O–H groups in total. The molecule has 0 radical (unpaired) electrons. The fraction of sp³-hybridized carbons (Fsp3) is 0.833. The molecular weight excluding hydrogens is 220 g/mol. The zero-order valence-electron chi connectivity index (χ0n) is 11.4. The summed E-state index contributed by atoms with van der Waals surface area (Å²) < 4.78 is 0. The summed E-state index contributed by atoms with van der Waals surface area (Å²) in [5.74, 6) is -1.00. The van der Waals surface area contributed by atoms with Gasteiger partial charge in [0.2, 0.25) is 0 Å². The number of carboxylic acid groups (broad SMARTS) is 1. The summed E-state index contributed by atoms with van der Waals surface area (Å²) in [7, 11) is 1.50. The van der Waals surface area contributed by atoms with Gasteiger partial charge in [-0.1, -0.05) is 27.7 Å². The Kier molecular flexibility index (Phi) is 3.16. The van der Waals surface area contributed by atoms with E-state index in [1.54, 1.807) is 0 Å². The highest BCUT2D eigenvalue weighted by atomic mass is 16.4. The monoisotopic (exact) mass is 242 g/mol. The average molecular weight is 242 g/mol. The quantitative estimate of drug-likeness (QED) is 0.788. The van der Waals surface area contributed by atoms with Crippen molar-refractivity contribution in [3.8, 4) is 0 Å². The SMILES string of the molecule is CC(C(=O)O)N(C)C(=O)NC1C(C)(C)C1(C)C. The number of carboxylic acids is 1. The predicted molar refractivity (Wildman–Crippen MR) is 64.7 cm³/mol. The molecule has 1 rings (SSSR count). The summed E-state index contributed by atoms with van der Waals surface area (Å²) in [6, 6.07) is -1.06. The van der Waals surface area contributed by atoms with Gasteiger partial charge in [0.05, 0.1) is 0 Å². The van der Waals surface area contributed by atoms with E-state index in [2.05, 4.69) is 33.0 Å². The molecule has 17 heavy (non-hydrogen) atoms. The van der Waals surface area contributed by atoms with Crippen molar-refractivity contribution in [3.05, 3.63) is 0 Å². The Morgan fingerprint density at radius 3 is 1.94 bits per heavy atom. The van der Waals surface area contributed by atoms with Crippen LogP contribution < -0.4 is 5.32 Å². The zero-order valence-corrected chi connectivity index (χ0v) is 11.4. The molecular formula is C12H22N2O3. The van der Waals surface area contributed by atoms with E-state index in [4.69, 9.17) is 5.11 Å². The fourth-order valence-electron chi connectivity index (χ4n) is 2.12. The van der Waals surface area contributed by atoms with Crippen molar-refractivity contribution in [3.63, 3.8) is 0 Å². The van der Waals surface area contributed by atoms with E-state index >= 15 is 0 Å². The van der Waals surface area contributed by atoms with Crippen molar-refractivity contribution >= 4 is 12.0 Å². The zero-order chi connectivity index (χ0) is 13.6. The van der Waals surface area contributed by atoms with Gasteiger partial charge in [0.25, 0.3) is 0 Å². The molecule has 2 amide bonds. The van der Waals surface area contributed by atoms with Crippen molar-refractivity contribution in [1.29, 1.82) is 0 Å². The number of likely N-dealkylation sites (N-methyl/N-ethyl adjacent to an activating group) is 1. The van der Waals surface area contributed by atoms with Crippen molar-refractivity contribution in [2.24, 2.45) is 10.8 Å². The van der Waals surface area contributed by atoms with E-state index in [-0.39, 0.29) is 22.9 Å². The maximum absolute atomic E-state index is 11.9. The third-order valence-electron chi connectivity index (χ3n) is 4.55. The minimum Gasteiger partial charge on any atom is -0.480 e. The van der Waals surface area contributed by atoms with Crippen LogP contribution in [0.15, 0.2) is 0 Å². The second-order valence-corrected chi connectivity index (χ2v) is 5.95. The molecule has 0 saturated heterocycles. The standard InChI is InChI=1S/C12H22N2O3/c1-7(8(15)16)14(6)10(17)13-9-11(2,3)12(9,4)5/h7,9H,1-6H3,(H,13,17)(H,15,16). The molecule has 1 aliphatic rings. The summed E-state index contributed by atoms with van der Waals surface area (Å²) in [5, 5.41) is 11.7. The molecule has 0 spiro atoms. The van der Waals surface area contributed by atoms with Crippen molar-refractivity contribution in [2.45, 2.75) is 46.7 Å². The summed E-state index contributed by atoms with van der Waals surface area (Å²) in [6.45, 7) is 9.87. The van der Waals surface area contributed by atoms with Crippen LogP contribution in [0.25, 0.3) is 0 Å². The van der Waals surface area contributed by atoms with Gasteiger partial charge in [-0.15, -0.1) is 0 Å². The summed E-state index contributed by atoms with van der Waals surface area (Å²) >= 11 is 0. The molecule has 1 unspecified atom stereocenters. The normalized spacial score (nSPS) is 22.7. The summed E-state index contributed by atoms with van der Waals surface area (Å²) in [5.41, 5.74) is 0.103. The lowest BCUT2D eigenvalue weighted by Crippen LogP contribution is -2.47. The molecule has 1 atom stereocenters. The third-order valence-corrected chi connectivity index (χ3v) is 4.55. The Bertz CT molecular complexity index is 336. The van der Waals surface area contributed by atoms with Gasteiger partial charge in [0, 0.05) is 13.1 Å². The Labute approximate surface area is 102 Å². The summed E-state index contributed by atoms with van der Waals surface area (Å²) in [6.07, 6.45) is 0. The highest BCUT2D eigenvalue weighted by Gasteiger charge is 2.65. The molecule has 5 heteroatoms. The number of carbonyl (C=O) groups is 2. The number of rotatable bonds is 3. The molecule has 0 aromatic carbocycles. The van der Waals surface area contributed by atoms with Crippen LogP contribution in [0.2, 0.25) is 0 Å². The lowest BCUT2D eigenvalue weighted by molar-refractivity contribution is -0.141. The van der Waals surface area contributed by atoms with Gasteiger partial charge in [-0.2, -0.15) is 0 Å². The van der Waals surface area contributed by atoms with E-state index < -0.39 is 12.0 Å². The van der Waals surface area contributed by atoms with Gasteiger partial charge in [-0.05, 0) is 17.8 Å². The van der Waals surface area contributed by atoms with E-state index in [1.165, 1.54) is 18.9 Å². The minimum atomic E-state index is -1.00. The Balaban J connectivity index is 2.61. The highest BCUT2D eigenvalue weighted by molar-refractivity contribution is 5.82. The fourth-order valence-corrected chi connectivity index (χ4v) is 2.12. The number of urea groups is 1. The smallest absolute Gasteiger partial charge is 0.326 e. The number of nitrogens with one attached hydrogen (secondary N) is 1. The Hall–Kier alpha value is -1.26. The first-order chi connectivity index (χ1) is 7.53. The van der Waals surface area contributed by atoms with E-state index in [9.17, 15) is 9.59 Å². The Morgan fingerprint density at radius 2 is 1.65 bits per heavy atom. The molecule has 1 aliphatic carbocycles. The third kappa shape index (κ3) is 2.10. The first-order valence-corrected chi connectivity index (χ1v) is 5.79. The van der Waals surface area contributed by atoms with Gasteiger partial charge in [-0.3, -0.25) is 0 Å². The van der Waals surface area contributed by atoms with Crippen LogP contribution in [0, 0.1) is 10.8 Å². The molecule has 0 bridgehead atoms. The van der Waals surface area contributed by atoms with Crippen LogP contribution in [0.3, 0.4) is 0 Å². The molecule has 0 aliphatic heterocycles. The first-order valence-electron chi connectivity index (χ1n) is 5.79. The van der Waals surface area contributed by atoms with Crippen LogP contribution in [0.1, 0.15) is 34.6 Å². The molecule has 1 saturated carbocycles. The van der Waals surface area contributed by atoms with Gasteiger partial charge in [0.1, 0.15) is 6.04 Å². The maximum Gasteiger partial charge on any atom is 0.326 e. The van der Waals surface area contributed by atoms with Gasteiger partial charge in [-0.25, -0.2) is 9.59 Å². The molecule has 98 valence electrons. The van der Waals surface area contributed by atoms with Crippen molar-refractivity contribution < 1.29 is 14.7 Å². The lowest BCUT2D eigenvalue weighted by Gasteiger charge is -2.22. The van der Waals surface area contributed by atoms with E-state index in [0.29, 0.717) is 0 Å². The number of hydrogen-bond acceptors (Lipinski definition) is 2. The number of nitrogens with zero attached hydrogens (tertiary/aromatic N) is 1. The second-order valence-electron chi connectivity index (χ2n) is 5.95. The van der Waals surface area contributed by atoms with Crippen LogP contribution in [0.5, 0.6) is 0 Å². The molecule has 0 aromatic heterocycles. The highest BCUT2D eigenvalue weighted by Crippen LogP contribution is 2.62. The topological polar surface area (TPSA) is 69.6 Å². The van der Waals surface area contributed by atoms with Gasteiger partial charge >= 0.3 is 12.0 Å². The maximum atomic E-state index is 11.9. The predicted octanol–water partition coefficient (Wildman–Crippen LogP) is 1.54. The van der Waals surface area contributed by atoms with Crippen molar-refractivity contribution in [2.75, 3.05) is 7.05 Å². The Morgan fingerprint density at radius 1 is 1.24 bits per heavy atom. The number of carbonyl (C=O) groups excluding carboxylic acids is 1. The molecule has 1 fully saturated rings. The number of aliphatic carboxylic acids is 1. The van der Waals surface area contributed by atoms with Crippen LogP contribution >= 0.6 is 0 Å². The largest absolute Gasteiger partial charge is 0.480 e. The van der Waals surface area contributed by atoms with Crippen LogP contribution in [-0.4, -0.2) is 41.1 Å². The second kappa shape index (κ2) is 3.89. The molecule has 0 aromatic rings. The number of hydrogen-bond donors (Lipinski definition) is 2. The molecule has 0 heterocycles. The average Bonchev–Trinajstić information content (AvgIpc) is 2.58. The first kappa shape index (κ1) is 13.8. The number of amides is 2.